The highest BCUT2D eigenvalue weighted by atomic mass is 35.5. The predicted molar refractivity (Wildman–Crippen MR) is 74.2 cm³/mol. The molecule has 17 heavy (non-hydrogen) atoms. The number of hydrogen-bond acceptors (Lipinski definition) is 2. The second-order valence-electron chi connectivity index (χ2n) is 4.72. The fraction of sp³-hybridized carbons (Fsp3) is 0.417. The summed E-state index contributed by atoms with van der Waals surface area (Å²) >= 11 is 11.6. The highest BCUT2D eigenvalue weighted by molar-refractivity contribution is 6.34. The standard InChI is InChI=1S/C12H16Cl2N2O/c1-12(2,3)16-11-8(14)5-4-6-9(11)15-10(17)7-13/h4-6,16H,7H2,1-3H3,(H,15,17). The molecule has 2 N–H and O–H groups in total. The number of benzene rings is 1. The number of nitrogens with one attached hydrogen (secondary N) is 2. The molecule has 0 fully saturated rings. The third-order valence-corrected chi connectivity index (χ3v) is 2.47. The summed E-state index contributed by atoms with van der Waals surface area (Å²) in [4.78, 5) is 11.3. The third kappa shape index (κ3) is 4.44. The zero-order valence-electron chi connectivity index (χ0n) is 10.1. The van der Waals surface area contributed by atoms with E-state index in [-0.39, 0.29) is 17.3 Å². The number of carbonyl (C=O) groups excluding carboxylic acids is 1. The van der Waals surface area contributed by atoms with E-state index in [4.69, 9.17) is 23.2 Å². The van der Waals surface area contributed by atoms with Crippen molar-refractivity contribution < 1.29 is 4.79 Å². The Bertz CT molecular complexity index is 413. The second-order valence-corrected chi connectivity index (χ2v) is 5.39. The van der Waals surface area contributed by atoms with Gasteiger partial charge in [0, 0.05) is 5.54 Å². The minimum atomic E-state index is -0.258. The number of amides is 1. The van der Waals surface area contributed by atoms with E-state index in [9.17, 15) is 4.79 Å². The first kappa shape index (κ1) is 14.1. The van der Waals surface area contributed by atoms with Gasteiger partial charge >= 0.3 is 0 Å². The maximum Gasteiger partial charge on any atom is 0.239 e. The molecule has 5 heteroatoms. The lowest BCUT2D eigenvalue weighted by Crippen LogP contribution is -2.27. The van der Waals surface area contributed by atoms with Crippen LogP contribution in [0.2, 0.25) is 5.02 Å². The smallest absolute Gasteiger partial charge is 0.239 e. The molecular formula is C12H16Cl2N2O. The van der Waals surface area contributed by atoms with Crippen LogP contribution in [-0.2, 0) is 4.79 Å². The number of halogens is 2. The molecule has 0 saturated heterocycles. The largest absolute Gasteiger partial charge is 0.378 e. The Morgan fingerprint density at radius 1 is 1.35 bits per heavy atom. The van der Waals surface area contributed by atoms with Gasteiger partial charge in [-0.2, -0.15) is 0 Å². The van der Waals surface area contributed by atoms with E-state index in [0.717, 1.165) is 0 Å². The topological polar surface area (TPSA) is 41.1 Å². The molecule has 0 aliphatic rings. The van der Waals surface area contributed by atoms with E-state index < -0.39 is 0 Å². The molecule has 0 aliphatic heterocycles. The van der Waals surface area contributed by atoms with Crippen molar-refractivity contribution in [3.63, 3.8) is 0 Å². The maximum absolute atomic E-state index is 11.3. The molecule has 1 rings (SSSR count). The van der Waals surface area contributed by atoms with Crippen LogP contribution in [0, 0.1) is 0 Å². The highest BCUT2D eigenvalue weighted by Gasteiger charge is 2.15. The summed E-state index contributed by atoms with van der Waals surface area (Å²) in [6.45, 7) is 6.05. The zero-order valence-corrected chi connectivity index (χ0v) is 11.6. The average Bonchev–Trinajstić information content (AvgIpc) is 2.21. The van der Waals surface area contributed by atoms with Gasteiger partial charge in [-0.25, -0.2) is 0 Å². The van der Waals surface area contributed by atoms with E-state index in [1.807, 2.05) is 20.8 Å². The molecule has 0 aromatic heterocycles. The van der Waals surface area contributed by atoms with Gasteiger partial charge in [0.05, 0.1) is 16.4 Å². The van der Waals surface area contributed by atoms with Crippen molar-refractivity contribution in [3.05, 3.63) is 23.2 Å². The Labute approximate surface area is 111 Å². The monoisotopic (exact) mass is 274 g/mol. The van der Waals surface area contributed by atoms with Gasteiger partial charge in [0.1, 0.15) is 5.88 Å². The summed E-state index contributed by atoms with van der Waals surface area (Å²) in [5, 5.41) is 6.53. The molecular weight excluding hydrogens is 259 g/mol. The van der Waals surface area contributed by atoms with Crippen molar-refractivity contribution in [2.45, 2.75) is 26.3 Å². The van der Waals surface area contributed by atoms with Crippen molar-refractivity contribution in [3.8, 4) is 0 Å². The normalized spacial score (nSPS) is 11.1. The summed E-state index contributed by atoms with van der Waals surface area (Å²) in [6.07, 6.45) is 0. The molecule has 1 aromatic carbocycles. The number of anilines is 2. The molecule has 0 unspecified atom stereocenters. The van der Waals surface area contributed by atoms with Crippen LogP contribution >= 0.6 is 23.2 Å². The lowest BCUT2D eigenvalue weighted by molar-refractivity contribution is -0.113. The Kier molecular flexibility index (Phi) is 4.66. The quantitative estimate of drug-likeness (QED) is 0.825. The maximum atomic E-state index is 11.3. The Hall–Kier alpha value is -0.930. The first-order valence-electron chi connectivity index (χ1n) is 5.26. The first-order valence-corrected chi connectivity index (χ1v) is 6.17. The number of carbonyl (C=O) groups is 1. The number of para-hydroxylation sites is 1. The number of alkyl halides is 1. The Balaban J connectivity index is 3.04. The molecule has 0 saturated carbocycles. The molecule has 0 atom stereocenters. The van der Waals surface area contributed by atoms with Crippen LogP contribution in [0.5, 0.6) is 0 Å². The van der Waals surface area contributed by atoms with Crippen molar-refractivity contribution >= 4 is 40.5 Å². The van der Waals surface area contributed by atoms with Gasteiger partial charge in [0.15, 0.2) is 0 Å². The van der Waals surface area contributed by atoms with Crippen molar-refractivity contribution in [1.82, 2.24) is 0 Å². The number of hydrogen-bond donors (Lipinski definition) is 2. The molecule has 94 valence electrons. The van der Waals surface area contributed by atoms with Gasteiger partial charge in [-0.05, 0) is 32.9 Å². The predicted octanol–water partition coefficient (Wildman–Crippen LogP) is 3.73. The molecule has 0 heterocycles. The van der Waals surface area contributed by atoms with Gasteiger partial charge in [-0.3, -0.25) is 4.79 Å². The van der Waals surface area contributed by atoms with E-state index in [1.54, 1.807) is 18.2 Å². The summed E-state index contributed by atoms with van der Waals surface area (Å²) in [7, 11) is 0. The van der Waals surface area contributed by atoms with Crippen LogP contribution in [-0.4, -0.2) is 17.3 Å². The minimum absolute atomic E-state index is 0.0819. The molecule has 3 nitrogen and oxygen atoms in total. The first-order chi connectivity index (χ1) is 7.83. The Morgan fingerprint density at radius 3 is 2.53 bits per heavy atom. The van der Waals surface area contributed by atoms with Gasteiger partial charge in [0.25, 0.3) is 0 Å². The highest BCUT2D eigenvalue weighted by Crippen LogP contribution is 2.32. The SMILES string of the molecule is CC(C)(C)Nc1c(Cl)cccc1NC(=O)CCl. The van der Waals surface area contributed by atoms with Crippen LogP contribution in [0.25, 0.3) is 0 Å². The van der Waals surface area contributed by atoms with E-state index in [0.29, 0.717) is 16.4 Å². The summed E-state index contributed by atoms with van der Waals surface area (Å²) in [5.74, 6) is -0.340. The second kappa shape index (κ2) is 5.61. The summed E-state index contributed by atoms with van der Waals surface area (Å²) < 4.78 is 0. The fourth-order valence-electron chi connectivity index (χ4n) is 1.31. The van der Waals surface area contributed by atoms with Crippen molar-refractivity contribution in [2.24, 2.45) is 0 Å². The van der Waals surface area contributed by atoms with Crippen LogP contribution in [0.15, 0.2) is 18.2 Å². The van der Waals surface area contributed by atoms with Gasteiger partial charge in [0.2, 0.25) is 5.91 Å². The third-order valence-electron chi connectivity index (χ3n) is 1.91. The molecule has 1 aromatic rings. The van der Waals surface area contributed by atoms with E-state index in [2.05, 4.69) is 10.6 Å². The lowest BCUT2D eigenvalue weighted by atomic mass is 10.1. The molecule has 0 radical (unpaired) electrons. The zero-order chi connectivity index (χ0) is 13.1. The van der Waals surface area contributed by atoms with Crippen molar-refractivity contribution in [1.29, 1.82) is 0 Å². The van der Waals surface area contributed by atoms with E-state index >= 15 is 0 Å². The number of rotatable bonds is 3. The van der Waals surface area contributed by atoms with Crippen molar-refractivity contribution in [2.75, 3.05) is 16.5 Å². The average molecular weight is 275 g/mol. The van der Waals surface area contributed by atoms with Gasteiger partial charge in [-0.1, -0.05) is 17.7 Å². The molecule has 1 amide bonds. The fourth-order valence-corrected chi connectivity index (χ4v) is 1.60. The van der Waals surface area contributed by atoms with Gasteiger partial charge < -0.3 is 10.6 Å². The summed E-state index contributed by atoms with van der Waals surface area (Å²) in [6, 6.07) is 5.33. The lowest BCUT2D eigenvalue weighted by Gasteiger charge is -2.25. The molecule has 0 bridgehead atoms. The Morgan fingerprint density at radius 2 is 2.00 bits per heavy atom. The van der Waals surface area contributed by atoms with Gasteiger partial charge in [-0.15, -0.1) is 11.6 Å². The summed E-state index contributed by atoms with van der Waals surface area (Å²) in [5.41, 5.74) is 1.20. The van der Waals surface area contributed by atoms with Crippen LogP contribution in [0.1, 0.15) is 20.8 Å². The van der Waals surface area contributed by atoms with Crippen LogP contribution in [0.3, 0.4) is 0 Å². The van der Waals surface area contributed by atoms with Crippen LogP contribution < -0.4 is 10.6 Å². The van der Waals surface area contributed by atoms with Crippen LogP contribution in [0.4, 0.5) is 11.4 Å². The molecule has 0 aliphatic carbocycles. The van der Waals surface area contributed by atoms with E-state index in [1.165, 1.54) is 0 Å². The molecule has 0 spiro atoms. The minimum Gasteiger partial charge on any atom is -0.378 e.